The summed E-state index contributed by atoms with van der Waals surface area (Å²) in [5.41, 5.74) is 1.14. The lowest BCUT2D eigenvalue weighted by atomic mass is 10.0. The molecule has 6 nitrogen and oxygen atoms in total. The highest BCUT2D eigenvalue weighted by Crippen LogP contribution is 2.26. The molecule has 1 aromatic rings. The Morgan fingerprint density at radius 2 is 2.23 bits per heavy atom. The van der Waals surface area contributed by atoms with Gasteiger partial charge < -0.3 is 9.80 Å². The van der Waals surface area contributed by atoms with Crippen LogP contribution in [-0.4, -0.2) is 62.2 Å². The number of likely N-dealkylation sites (tertiary alicyclic amines) is 1. The first kappa shape index (κ1) is 15.4. The fourth-order valence-corrected chi connectivity index (χ4v) is 4.38. The molecular formula is C15H22N4O2S. The second kappa shape index (κ2) is 6.32. The Morgan fingerprint density at radius 3 is 2.91 bits per heavy atom. The third kappa shape index (κ3) is 2.99. The van der Waals surface area contributed by atoms with Crippen LogP contribution in [0.5, 0.6) is 0 Å². The Balaban J connectivity index is 1.69. The van der Waals surface area contributed by atoms with E-state index in [1.807, 2.05) is 28.9 Å². The third-order valence-electron chi connectivity index (χ3n) is 4.38. The van der Waals surface area contributed by atoms with Crippen LogP contribution in [0.4, 0.5) is 0 Å². The largest absolute Gasteiger partial charge is 0.339 e. The van der Waals surface area contributed by atoms with Crippen molar-refractivity contribution in [3.05, 3.63) is 18.0 Å². The van der Waals surface area contributed by atoms with E-state index in [0.29, 0.717) is 18.2 Å². The summed E-state index contributed by atoms with van der Waals surface area (Å²) in [4.78, 5) is 28.0. The molecule has 0 saturated carbocycles. The maximum absolute atomic E-state index is 12.8. The van der Waals surface area contributed by atoms with Crippen molar-refractivity contribution >= 4 is 23.6 Å². The number of aryl methyl sites for hydroxylation is 1. The molecule has 2 atom stereocenters. The highest BCUT2D eigenvalue weighted by molar-refractivity contribution is 7.99. The van der Waals surface area contributed by atoms with Gasteiger partial charge in [-0.15, -0.1) is 11.8 Å². The van der Waals surface area contributed by atoms with Crippen LogP contribution in [0.2, 0.25) is 0 Å². The first-order valence-corrected chi connectivity index (χ1v) is 8.86. The Labute approximate surface area is 134 Å². The van der Waals surface area contributed by atoms with Gasteiger partial charge in [-0.05, 0) is 25.3 Å². The van der Waals surface area contributed by atoms with Crippen molar-refractivity contribution in [2.24, 2.45) is 0 Å². The molecule has 0 N–H and O–H groups in total. The lowest BCUT2D eigenvalue weighted by Gasteiger charge is -2.35. The lowest BCUT2D eigenvalue weighted by Crippen LogP contribution is -2.51. The van der Waals surface area contributed by atoms with Gasteiger partial charge in [0.25, 0.3) is 0 Å². The van der Waals surface area contributed by atoms with Gasteiger partial charge in [-0.25, -0.2) is 0 Å². The Morgan fingerprint density at radius 1 is 1.41 bits per heavy atom. The summed E-state index contributed by atoms with van der Waals surface area (Å²) in [5.74, 6) is 1.41. The zero-order chi connectivity index (χ0) is 15.7. The Kier molecular flexibility index (Phi) is 4.42. The number of piperidine rings is 1. The zero-order valence-electron chi connectivity index (χ0n) is 13.1. The molecule has 7 heteroatoms. The van der Waals surface area contributed by atoms with Crippen LogP contribution in [0.25, 0.3) is 0 Å². The Bertz CT molecular complexity index is 574. The van der Waals surface area contributed by atoms with Crippen LogP contribution < -0.4 is 0 Å². The quantitative estimate of drug-likeness (QED) is 0.823. The molecule has 0 aromatic carbocycles. The van der Waals surface area contributed by atoms with Gasteiger partial charge in [0.15, 0.2) is 0 Å². The van der Waals surface area contributed by atoms with Crippen LogP contribution in [0.3, 0.4) is 0 Å². The van der Waals surface area contributed by atoms with E-state index in [0.717, 1.165) is 24.9 Å². The second-order valence-corrected chi connectivity index (χ2v) is 7.08. The van der Waals surface area contributed by atoms with E-state index in [1.165, 1.54) is 6.92 Å². The zero-order valence-corrected chi connectivity index (χ0v) is 13.9. The second-order valence-electron chi connectivity index (χ2n) is 6.08. The average molecular weight is 322 g/mol. The van der Waals surface area contributed by atoms with Crippen LogP contribution in [0.1, 0.15) is 31.4 Å². The Hall–Kier alpha value is -1.50. The van der Waals surface area contributed by atoms with Gasteiger partial charge in [0.1, 0.15) is 6.04 Å². The van der Waals surface area contributed by atoms with Crippen LogP contribution in [0, 0.1) is 6.92 Å². The summed E-state index contributed by atoms with van der Waals surface area (Å²) >= 11 is 1.65. The minimum atomic E-state index is -0.291. The van der Waals surface area contributed by atoms with Crippen LogP contribution >= 0.6 is 11.8 Å². The maximum atomic E-state index is 12.8. The minimum absolute atomic E-state index is 0.0142. The van der Waals surface area contributed by atoms with E-state index in [2.05, 4.69) is 5.10 Å². The molecule has 2 saturated heterocycles. The van der Waals surface area contributed by atoms with Crippen molar-refractivity contribution < 1.29 is 9.59 Å². The first-order chi connectivity index (χ1) is 10.6. The topological polar surface area (TPSA) is 58.4 Å². The number of rotatable bonds is 2. The molecule has 2 fully saturated rings. The van der Waals surface area contributed by atoms with Gasteiger partial charge >= 0.3 is 0 Å². The van der Waals surface area contributed by atoms with Gasteiger partial charge in [-0.3, -0.25) is 14.3 Å². The summed E-state index contributed by atoms with van der Waals surface area (Å²) in [6.45, 7) is 5.03. The van der Waals surface area contributed by atoms with Crippen molar-refractivity contribution in [2.75, 3.05) is 24.7 Å². The summed E-state index contributed by atoms with van der Waals surface area (Å²) in [7, 11) is 0. The fraction of sp³-hybridized carbons (Fsp3) is 0.667. The molecule has 3 rings (SSSR count). The molecule has 0 radical (unpaired) electrons. The smallest absolute Gasteiger partial charge is 0.246 e. The predicted molar refractivity (Wildman–Crippen MR) is 85.4 cm³/mol. The van der Waals surface area contributed by atoms with Crippen molar-refractivity contribution in [2.45, 2.75) is 38.8 Å². The van der Waals surface area contributed by atoms with E-state index in [9.17, 15) is 9.59 Å². The molecular weight excluding hydrogens is 300 g/mol. The average Bonchev–Trinajstić information content (AvgIpc) is 3.15. The summed E-state index contributed by atoms with van der Waals surface area (Å²) in [6, 6.07) is -0.0492. The summed E-state index contributed by atoms with van der Waals surface area (Å²) in [6.07, 6.45) is 5.91. The number of amides is 2. The minimum Gasteiger partial charge on any atom is -0.339 e. The first-order valence-electron chi connectivity index (χ1n) is 7.71. The highest BCUT2D eigenvalue weighted by atomic mass is 32.2. The molecule has 22 heavy (non-hydrogen) atoms. The number of nitrogens with zero attached hydrogens (tertiary/aromatic N) is 4. The molecule has 0 aliphatic carbocycles. The van der Waals surface area contributed by atoms with Gasteiger partial charge in [0, 0.05) is 32.0 Å². The molecule has 3 heterocycles. The predicted octanol–water partition coefficient (Wildman–Crippen LogP) is 1.28. The van der Waals surface area contributed by atoms with Crippen molar-refractivity contribution in [1.82, 2.24) is 19.6 Å². The molecule has 2 aliphatic heterocycles. The number of carbonyl (C=O) groups is 2. The van der Waals surface area contributed by atoms with Crippen molar-refractivity contribution in [3.8, 4) is 0 Å². The fourth-order valence-electron chi connectivity index (χ4n) is 3.17. The number of aromatic nitrogens is 2. The highest BCUT2D eigenvalue weighted by Gasteiger charge is 2.37. The van der Waals surface area contributed by atoms with Crippen LogP contribution in [0.15, 0.2) is 12.4 Å². The van der Waals surface area contributed by atoms with Crippen molar-refractivity contribution in [3.63, 3.8) is 0 Å². The number of carbonyl (C=O) groups excluding carboxylic acids is 2. The van der Waals surface area contributed by atoms with E-state index < -0.39 is 0 Å². The maximum Gasteiger partial charge on any atom is 0.246 e. The van der Waals surface area contributed by atoms with Gasteiger partial charge in [0.2, 0.25) is 11.8 Å². The number of thioether (sulfide) groups is 1. The van der Waals surface area contributed by atoms with E-state index in [4.69, 9.17) is 0 Å². The van der Waals surface area contributed by atoms with Crippen LogP contribution in [-0.2, 0) is 9.59 Å². The number of hydrogen-bond donors (Lipinski definition) is 0. The number of hydrogen-bond acceptors (Lipinski definition) is 4. The van der Waals surface area contributed by atoms with Crippen molar-refractivity contribution in [1.29, 1.82) is 0 Å². The lowest BCUT2D eigenvalue weighted by molar-refractivity contribution is -0.143. The molecule has 0 bridgehead atoms. The SMILES string of the molecule is CC(=O)N1CSCC1C(=O)N1CCCC(n2cc(C)cn2)C1. The normalized spacial score (nSPS) is 25.5. The molecule has 120 valence electrons. The molecule has 1 aromatic heterocycles. The summed E-state index contributed by atoms with van der Waals surface area (Å²) < 4.78 is 1.97. The molecule has 2 unspecified atom stereocenters. The summed E-state index contributed by atoms with van der Waals surface area (Å²) in [5, 5.41) is 4.38. The molecule has 0 spiro atoms. The van der Waals surface area contributed by atoms with E-state index in [-0.39, 0.29) is 23.9 Å². The van der Waals surface area contributed by atoms with E-state index in [1.54, 1.807) is 16.7 Å². The van der Waals surface area contributed by atoms with Gasteiger partial charge in [-0.2, -0.15) is 5.10 Å². The van der Waals surface area contributed by atoms with E-state index >= 15 is 0 Å². The van der Waals surface area contributed by atoms with Gasteiger partial charge in [0.05, 0.1) is 18.1 Å². The monoisotopic (exact) mass is 322 g/mol. The standard InChI is InChI=1S/C15H22N4O2S/c1-11-6-16-19(7-11)13-4-3-5-17(8-13)15(21)14-9-22-10-18(14)12(2)20/h6-7,13-14H,3-5,8-10H2,1-2H3. The van der Waals surface area contributed by atoms with Gasteiger partial charge in [-0.1, -0.05) is 0 Å². The third-order valence-corrected chi connectivity index (χ3v) is 5.40. The molecule has 2 amide bonds. The molecule has 2 aliphatic rings.